The van der Waals surface area contributed by atoms with E-state index >= 15 is 0 Å². The monoisotopic (exact) mass is 304 g/mol. The molecule has 0 aromatic heterocycles. The number of anilines is 1. The van der Waals surface area contributed by atoms with Gasteiger partial charge in [0.1, 0.15) is 0 Å². The third kappa shape index (κ3) is 3.09. The average molecular weight is 305 g/mol. The summed E-state index contributed by atoms with van der Waals surface area (Å²) >= 11 is 1.82. The van der Waals surface area contributed by atoms with E-state index in [1.807, 2.05) is 11.8 Å². The summed E-state index contributed by atoms with van der Waals surface area (Å²) in [5.74, 6) is 1.54. The number of benzene rings is 1. The highest BCUT2D eigenvalue weighted by Gasteiger charge is 2.46. The van der Waals surface area contributed by atoms with E-state index in [0.29, 0.717) is 17.5 Å². The zero-order valence-corrected chi connectivity index (χ0v) is 14.5. The average Bonchev–Trinajstić information content (AvgIpc) is 3.32. The Hall–Kier alpha value is -0.670. The molecule has 2 aliphatic rings. The van der Waals surface area contributed by atoms with Crippen molar-refractivity contribution in [3.8, 4) is 0 Å². The van der Waals surface area contributed by atoms with Crippen LogP contribution in [0.2, 0.25) is 0 Å². The Balaban J connectivity index is 1.85. The minimum Gasteiger partial charge on any atom is -0.365 e. The molecular weight excluding hydrogens is 276 g/mol. The zero-order valence-electron chi connectivity index (χ0n) is 13.7. The first kappa shape index (κ1) is 15.2. The van der Waals surface area contributed by atoms with Gasteiger partial charge in [-0.3, -0.25) is 0 Å². The molecule has 0 bridgehead atoms. The second-order valence-corrected chi connectivity index (χ2v) is 8.09. The molecule has 3 rings (SSSR count). The Morgan fingerprint density at radius 2 is 1.90 bits per heavy atom. The minimum absolute atomic E-state index is 0.295. The summed E-state index contributed by atoms with van der Waals surface area (Å²) in [7, 11) is 0. The molecule has 21 heavy (non-hydrogen) atoms. The van der Waals surface area contributed by atoms with Crippen LogP contribution < -0.4 is 10.2 Å². The van der Waals surface area contributed by atoms with Gasteiger partial charge in [-0.2, -0.15) is 0 Å². The van der Waals surface area contributed by atoms with Gasteiger partial charge in [-0.05, 0) is 62.1 Å². The van der Waals surface area contributed by atoms with Crippen molar-refractivity contribution in [1.29, 1.82) is 0 Å². The lowest BCUT2D eigenvalue weighted by Gasteiger charge is -2.49. The molecule has 1 saturated carbocycles. The van der Waals surface area contributed by atoms with Crippen molar-refractivity contribution in [2.45, 2.75) is 50.1 Å². The minimum atomic E-state index is 0.295. The molecule has 1 aliphatic carbocycles. The van der Waals surface area contributed by atoms with Crippen LogP contribution in [-0.2, 0) is 0 Å². The van der Waals surface area contributed by atoms with Crippen LogP contribution in [0.1, 0.15) is 33.6 Å². The van der Waals surface area contributed by atoms with E-state index in [1.54, 1.807) is 0 Å². The largest absolute Gasteiger partial charge is 0.365 e. The third-order valence-corrected chi connectivity index (χ3v) is 6.01. The number of rotatable bonds is 4. The highest BCUT2D eigenvalue weighted by molar-refractivity contribution is 7.98. The maximum atomic E-state index is 3.87. The Morgan fingerprint density at radius 3 is 2.43 bits per heavy atom. The lowest BCUT2D eigenvalue weighted by Crippen LogP contribution is -2.65. The van der Waals surface area contributed by atoms with Gasteiger partial charge in [0.15, 0.2) is 0 Å². The first-order valence-electron chi connectivity index (χ1n) is 8.19. The summed E-state index contributed by atoms with van der Waals surface area (Å²) in [6, 6.07) is 9.72. The van der Waals surface area contributed by atoms with Crippen molar-refractivity contribution < 1.29 is 0 Å². The summed E-state index contributed by atoms with van der Waals surface area (Å²) in [6.45, 7) is 9.35. The van der Waals surface area contributed by atoms with Gasteiger partial charge in [-0.1, -0.05) is 13.8 Å². The highest BCUT2D eigenvalue weighted by atomic mass is 32.2. The number of nitrogens with zero attached hydrogens (tertiary/aromatic N) is 1. The molecule has 1 aromatic rings. The summed E-state index contributed by atoms with van der Waals surface area (Å²) in [5.41, 5.74) is 1.68. The topological polar surface area (TPSA) is 15.3 Å². The molecule has 1 aromatic carbocycles. The van der Waals surface area contributed by atoms with Gasteiger partial charge in [-0.25, -0.2) is 0 Å². The predicted molar refractivity (Wildman–Crippen MR) is 93.3 cm³/mol. The smallest absolute Gasteiger partial charge is 0.0438 e. The molecule has 1 heterocycles. The normalized spacial score (nSPS) is 30.0. The van der Waals surface area contributed by atoms with Gasteiger partial charge in [0.25, 0.3) is 0 Å². The third-order valence-electron chi connectivity index (χ3n) is 5.27. The highest BCUT2D eigenvalue weighted by Crippen LogP contribution is 2.42. The number of thioether (sulfide) groups is 1. The summed E-state index contributed by atoms with van der Waals surface area (Å²) in [5, 5.41) is 3.87. The van der Waals surface area contributed by atoms with Gasteiger partial charge >= 0.3 is 0 Å². The van der Waals surface area contributed by atoms with Crippen LogP contribution in [0, 0.1) is 11.8 Å². The molecule has 2 nitrogen and oxygen atoms in total. The van der Waals surface area contributed by atoms with Crippen molar-refractivity contribution in [2.75, 3.05) is 24.2 Å². The Bertz CT molecular complexity index is 480. The maximum Gasteiger partial charge on any atom is 0.0438 e. The first-order valence-corrected chi connectivity index (χ1v) is 9.42. The first-order chi connectivity index (χ1) is 10.0. The molecule has 0 amide bonds. The fourth-order valence-corrected chi connectivity index (χ4v) is 4.03. The van der Waals surface area contributed by atoms with Crippen LogP contribution in [0.15, 0.2) is 29.2 Å². The van der Waals surface area contributed by atoms with Crippen molar-refractivity contribution in [1.82, 2.24) is 5.32 Å². The van der Waals surface area contributed by atoms with E-state index in [-0.39, 0.29) is 0 Å². The summed E-state index contributed by atoms with van der Waals surface area (Å²) < 4.78 is 0. The van der Waals surface area contributed by atoms with Crippen LogP contribution in [0.25, 0.3) is 0 Å². The molecule has 0 spiro atoms. The van der Waals surface area contributed by atoms with Crippen molar-refractivity contribution >= 4 is 17.4 Å². The lowest BCUT2D eigenvalue weighted by molar-refractivity contribution is 0.233. The van der Waals surface area contributed by atoms with E-state index in [9.17, 15) is 0 Å². The number of hydrogen-bond donors (Lipinski definition) is 1. The number of piperazine rings is 1. The molecule has 1 saturated heterocycles. The van der Waals surface area contributed by atoms with Crippen LogP contribution in [0.4, 0.5) is 5.69 Å². The number of hydrogen-bond acceptors (Lipinski definition) is 3. The Kier molecular flexibility index (Phi) is 4.24. The van der Waals surface area contributed by atoms with E-state index in [4.69, 9.17) is 0 Å². The lowest BCUT2D eigenvalue weighted by atomic mass is 9.87. The zero-order chi connectivity index (χ0) is 15.0. The van der Waals surface area contributed by atoms with Crippen LogP contribution in [0.3, 0.4) is 0 Å². The van der Waals surface area contributed by atoms with Gasteiger partial charge in [0, 0.05) is 35.3 Å². The summed E-state index contributed by atoms with van der Waals surface area (Å²) in [6.07, 6.45) is 4.94. The molecule has 0 radical (unpaired) electrons. The molecule has 1 N–H and O–H groups in total. The van der Waals surface area contributed by atoms with Gasteiger partial charge in [0.05, 0.1) is 0 Å². The standard InChI is InChI=1S/C18H28N2S/c1-13(2)17-11-19-18(3,14-5-6-14)12-20(17)15-7-9-16(21-4)10-8-15/h7-10,13-14,17,19H,5-6,11-12H2,1-4H3. The van der Waals surface area contributed by atoms with Crippen molar-refractivity contribution in [3.05, 3.63) is 24.3 Å². The van der Waals surface area contributed by atoms with Gasteiger partial charge in [0.2, 0.25) is 0 Å². The molecule has 2 fully saturated rings. The molecular formula is C18H28N2S. The van der Waals surface area contributed by atoms with Crippen LogP contribution in [-0.4, -0.2) is 30.9 Å². The number of nitrogens with one attached hydrogen (secondary N) is 1. The summed E-state index contributed by atoms with van der Waals surface area (Å²) in [4.78, 5) is 4.00. The molecule has 1 aliphatic heterocycles. The van der Waals surface area contributed by atoms with E-state index in [1.165, 1.54) is 23.4 Å². The van der Waals surface area contributed by atoms with Crippen molar-refractivity contribution in [3.63, 3.8) is 0 Å². The molecule has 116 valence electrons. The van der Waals surface area contributed by atoms with Crippen LogP contribution in [0.5, 0.6) is 0 Å². The Labute approximate surface area is 133 Å². The second-order valence-electron chi connectivity index (χ2n) is 7.21. The van der Waals surface area contributed by atoms with Crippen molar-refractivity contribution in [2.24, 2.45) is 11.8 Å². The molecule has 2 atom stereocenters. The van der Waals surface area contributed by atoms with E-state index in [2.05, 4.69) is 61.5 Å². The second kappa shape index (κ2) is 5.85. The quantitative estimate of drug-likeness (QED) is 0.846. The fraction of sp³-hybridized carbons (Fsp3) is 0.667. The SMILES string of the molecule is CSc1ccc(N2CC(C)(C3CC3)NCC2C(C)C)cc1. The maximum absolute atomic E-state index is 3.87. The van der Waals surface area contributed by atoms with E-state index < -0.39 is 0 Å². The molecule has 3 heteroatoms. The van der Waals surface area contributed by atoms with E-state index in [0.717, 1.165) is 19.0 Å². The van der Waals surface area contributed by atoms with Gasteiger partial charge in [-0.15, -0.1) is 11.8 Å². The van der Waals surface area contributed by atoms with Gasteiger partial charge < -0.3 is 10.2 Å². The Morgan fingerprint density at radius 1 is 1.24 bits per heavy atom. The molecule has 2 unspecified atom stereocenters. The predicted octanol–water partition coefficient (Wildman–Crippen LogP) is 4.01. The van der Waals surface area contributed by atoms with Crippen LogP contribution >= 0.6 is 11.8 Å². The fourth-order valence-electron chi connectivity index (χ4n) is 3.62.